The Morgan fingerprint density at radius 1 is 0.496 bits per heavy atom. The molecule has 0 aromatic heterocycles. The van der Waals surface area contributed by atoms with Gasteiger partial charge in [-0.3, -0.25) is 39.5 Å². The Morgan fingerprint density at radius 3 is 1.38 bits per heavy atom. The average molecular weight is 2170 g/mol. The minimum atomic E-state index is -1.03. The van der Waals surface area contributed by atoms with Crippen LogP contribution in [-0.2, 0) is 19.3 Å². The molecule has 1 aliphatic carbocycles. The zero-order valence-electron chi connectivity index (χ0n) is 66.0. The number of amides is 2. The van der Waals surface area contributed by atoms with Gasteiger partial charge in [0.15, 0.2) is 34.5 Å². The number of fused-ring (bicyclic) bond motifs is 4. The zero-order chi connectivity index (χ0) is 86.7. The minimum absolute atomic E-state index is 0. The van der Waals surface area contributed by atoms with Crippen LogP contribution in [0.15, 0.2) is 255 Å². The van der Waals surface area contributed by atoms with E-state index in [1.54, 1.807) is 42.5 Å². The molecular weight excluding hydrogens is 2090 g/mol. The van der Waals surface area contributed by atoms with Gasteiger partial charge in [-0.15, -0.1) is 0 Å². The molecule has 0 bridgehead atoms. The van der Waals surface area contributed by atoms with E-state index in [0.717, 1.165) is 43.9 Å². The van der Waals surface area contributed by atoms with Gasteiger partial charge >= 0.3 is 114 Å². The summed E-state index contributed by atoms with van der Waals surface area (Å²) in [6.45, 7) is 2.62. The van der Waals surface area contributed by atoms with Crippen LogP contribution < -0.4 is 164 Å². The van der Waals surface area contributed by atoms with Gasteiger partial charge in [-0.05, 0) is 263 Å². The van der Waals surface area contributed by atoms with Gasteiger partial charge in [-0.2, -0.15) is 4.39 Å². The number of carbonyl (C=O) groups is 3. The number of nitrogens with zero attached hydrogens (tertiary/aromatic N) is 3. The van der Waals surface area contributed by atoms with Crippen molar-refractivity contribution in [2.75, 3.05) is 35.4 Å². The van der Waals surface area contributed by atoms with E-state index in [1.165, 1.54) is 117 Å². The quantitative estimate of drug-likeness (QED) is 0.00967. The summed E-state index contributed by atoms with van der Waals surface area (Å²) in [4.78, 5) is 54.7. The smallest absolute Gasteiger partial charge is 1.00 e. The van der Waals surface area contributed by atoms with Crippen molar-refractivity contribution in [2.24, 2.45) is 0 Å². The van der Waals surface area contributed by atoms with Crippen molar-refractivity contribution in [3.63, 3.8) is 0 Å². The number of likely N-dealkylation sites (N-methyl/N-ethyl adjacent to an activating group) is 2. The monoisotopic (exact) mass is 2160 g/mol. The van der Waals surface area contributed by atoms with E-state index in [9.17, 15) is 60.6 Å². The van der Waals surface area contributed by atoms with E-state index in [4.69, 9.17) is 44.6 Å². The SMILES string of the molecule is CC(=O)N1c2ccccc2Oc2ccc(F)cc21.CC(=O)Nc1cc(F)ccc1Oc1ccccc1I.CN[C@@H]1CCCC[C@H]1NC.Fc1ccc2c(c1)Nc1ccccc1O2.Nc1cc(F)ccc1Oc1ccccc1I.O=CO[O-].O=[N+]([O-])c1cc(F)ccc1F.O=[N+]([O-])c1cc(F)ccc1Oc1ccccc1I.Oc1ccccc1I.[H-].[K+].[K+]. The number of anilines is 6. The number of rotatable bonds is 12. The molecule has 1 fully saturated rings. The third kappa shape index (κ3) is 33.8. The molecule has 2 amide bonds. The summed E-state index contributed by atoms with van der Waals surface area (Å²) in [6.07, 6.45) is 5.46. The van der Waals surface area contributed by atoms with Crippen LogP contribution in [0.2, 0.25) is 0 Å². The Morgan fingerprint density at radius 2 is 0.893 bits per heavy atom. The molecule has 121 heavy (non-hydrogen) atoms. The van der Waals surface area contributed by atoms with E-state index < -0.39 is 50.3 Å². The summed E-state index contributed by atoms with van der Waals surface area (Å²) in [5.41, 5.74) is 7.60. The standard InChI is InChI=1S/C14H11FINO2.C14H10FNO2.C12H7FINO3.C12H9FINO.C12H8FNO.C8H18N2.C6H3F2NO2.C6H5IO.CH2O3.2K.H/c1-9(18)17-12-8-10(15)6-7-14(12)19-13-5-3-2-4-11(13)16;1-9(17)16-11-4-2-3-5-13(11)18-14-7-6-10(15)8-12(14)16;13-8-5-6-12(10(7-8)15(16)17)18-11-4-2-1-3-9(11)14;13-8-5-6-12(10(15)7-8)16-11-4-2-1-3-9(11)14;13-8-5-6-12-10(7-8)14-9-3-1-2-4-11(9)15-12;1-9-7-5-3-4-6-8(7)10-2;7-4-1-2-5(8)6(3-4)9(10)11;7-5-3-1-2-4-6(5)8;2-1-4-3;;;/h2-8H,1H3,(H,17,18);2-8H,1H3;1-7H;1-7H,15H2;1-7,14H;7-10H,3-6H2,1-2H3;1-3H;1-4,8H;1,3H;;;/q;;;;;;;;;2*+1;-1/p-1/t;;;;;7-,8-;;;;;;/m.....1....../s1. The van der Waals surface area contributed by atoms with E-state index in [2.05, 4.69) is 131 Å². The van der Waals surface area contributed by atoms with Crippen molar-refractivity contribution in [3.8, 4) is 63.2 Å². The van der Waals surface area contributed by atoms with Crippen molar-refractivity contribution >= 4 is 154 Å². The van der Waals surface area contributed by atoms with Crippen molar-refractivity contribution in [1.82, 2.24) is 10.6 Å². The maximum atomic E-state index is 13.3. The van der Waals surface area contributed by atoms with Crippen LogP contribution in [-0.4, -0.2) is 59.4 Å². The van der Waals surface area contributed by atoms with Crippen molar-refractivity contribution in [2.45, 2.75) is 51.6 Å². The van der Waals surface area contributed by atoms with Crippen molar-refractivity contribution in [3.05, 3.63) is 330 Å². The normalized spacial score (nSPS) is 12.2. The second-order valence-corrected chi connectivity index (χ2v) is 29.1. The Hall–Kier alpha value is -8.17. The number of hydrogen-bond donors (Lipinski definition) is 6. The second-order valence-electron chi connectivity index (χ2n) is 24.4. The number of nitrogens with one attached hydrogen (secondary N) is 4. The first kappa shape index (κ1) is 103. The maximum absolute atomic E-state index is 13.3. The molecule has 15 rings (SSSR count). The van der Waals surface area contributed by atoms with E-state index in [0.29, 0.717) is 104 Å². The molecule has 622 valence electrons. The van der Waals surface area contributed by atoms with Gasteiger partial charge in [0.2, 0.25) is 23.4 Å². The number of hydrogen-bond acceptors (Lipinski definition) is 19. The van der Waals surface area contributed by atoms with Gasteiger partial charge in [-0.1, -0.05) is 85.6 Å². The molecule has 12 aromatic rings. The number of ether oxygens (including phenoxy) is 5. The fourth-order valence-electron chi connectivity index (χ4n) is 10.7. The predicted octanol–water partition coefficient (Wildman–Crippen LogP) is 16.6. The topological polar surface area (TPSA) is 314 Å². The summed E-state index contributed by atoms with van der Waals surface area (Å²) in [7, 11) is 4.11. The molecule has 1 saturated carbocycles. The van der Waals surface area contributed by atoms with Crippen LogP contribution in [0.4, 0.5) is 76.2 Å². The molecule has 7 N–H and O–H groups in total. The van der Waals surface area contributed by atoms with E-state index >= 15 is 0 Å². The van der Waals surface area contributed by atoms with Crippen LogP contribution in [0.3, 0.4) is 0 Å². The summed E-state index contributed by atoms with van der Waals surface area (Å²) in [5.74, 6) is 1.12. The number of benzene rings is 12. The first-order valence-electron chi connectivity index (χ1n) is 35.1. The van der Waals surface area contributed by atoms with Crippen LogP contribution in [0, 0.1) is 75.2 Å². The molecule has 2 heterocycles. The van der Waals surface area contributed by atoms with Gasteiger partial charge in [0.25, 0.3) is 6.47 Å². The number of nitrogens with two attached hydrogens (primary N) is 1. The van der Waals surface area contributed by atoms with E-state index in [1.807, 2.05) is 109 Å². The summed E-state index contributed by atoms with van der Waals surface area (Å²) in [5, 5.41) is 50.5. The average Bonchev–Trinajstić information content (AvgIpc) is 0.762. The summed E-state index contributed by atoms with van der Waals surface area (Å²) in [6, 6.07) is 67.4. The van der Waals surface area contributed by atoms with Crippen LogP contribution in [0.1, 0.15) is 41.0 Å². The predicted molar refractivity (Wildman–Crippen MR) is 470 cm³/mol. The molecular formula is C85H73F7I4K2N8O15. The molecule has 3 aliphatic rings. The van der Waals surface area contributed by atoms with E-state index in [-0.39, 0.29) is 140 Å². The number of nitro benzene ring substituents is 2. The van der Waals surface area contributed by atoms with Crippen molar-refractivity contribution in [1.29, 1.82) is 0 Å². The minimum Gasteiger partial charge on any atom is -1.00 e. The van der Waals surface area contributed by atoms with Crippen LogP contribution in [0.5, 0.6) is 63.2 Å². The molecule has 2 aliphatic heterocycles. The number of phenols is 1. The Kier molecular flexibility index (Phi) is 45.9. The molecule has 0 spiro atoms. The first-order valence-corrected chi connectivity index (χ1v) is 39.5. The van der Waals surface area contributed by atoms with Crippen LogP contribution in [0.25, 0.3) is 0 Å². The summed E-state index contributed by atoms with van der Waals surface area (Å²) >= 11 is 8.44. The molecule has 0 saturated heterocycles. The largest absolute Gasteiger partial charge is 1.00 e. The van der Waals surface area contributed by atoms with Crippen molar-refractivity contribution < 1.29 is 198 Å². The Balaban J connectivity index is 0.000000293. The molecule has 2 atom stereocenters. The van der Waals surface area contributed by atoms with Gasteiger partial charge < -0.3 is 67.4 Å². The number of phenolic OH excluding ortho intramolecular Hbond substituents is 1. The van der Waals surface area contributed by atoms with Gasteiger partial charge in [-0.25, -0.2) is 26.3 Å². The zero-order valence-corrected chi connectivity index (χ0v) is 79.9. The maximum Gasteiger partial charge on any atom is 1.00 e. The molecule has 0 unspecified atom stereocenters. The molecule has 23 nitrogen and oxygen atoms in total. The first-order chi connectivity index (χ1) is 57.0. The number of carbonyl (C=O) groups excluding carboxylic acids is 3. The van der Waals surface area contributed by atoms with Gasteiger partial charge in [0.05, 0.1) is 70.4 Å². The number of nitro groups is 2. The number of nitrogen functional groups attached to an aromatic ring is 1. The number of halogens is 11. The third-order valence-electron chi connectivity index (χ3n) is 16.1. The summed E-state index contributed by atoms with van der Waals surface area (Å²) < 4.78 is 122. The number of para-hydroxylation sites is 8. The third-order valence-corrected chi connectivity index (χ3v) is 19.7. The Bertz CT molecular complexity index is 5440. The fraction of sp³-hybridized carbons (Fsp3) is 0.118. The van der Waals surface area contributed by atoms with Gasteiger partial charge in [0.1, 0.15) is 57.9 Å². The number of aromatic hydroxyl groups is 1. The van der Waals surface area contributed by atoms with Crippen LogP contribution >= 0.6 is 90.4 Å². The second kappa shape index (κ2) is 53.8. The molecule has 36 heteroatoms. The molecule has 12 aromatic carbocycles. The Labute approximate surface area is 832 Å². The molecule has 0 radical (unpaired) electrons. The van der Waals surface area contributed by atoms with Gasteiger partial charge in [0, 0.05) is 50.2 Å². The fourth-order valence-corrected chi connectivity index (χ4v) is 12.6.